The fourth-order valence-corrected chi connectivity index (χ4v) is 4.56. The molecule has 1 amide bonds. The molecule has 1 fully saturated rings. The fraction of sp³-hybridized carbons (Fsp3) is 0.562. The van der Waals surface area contributed by atoms with Gasteiger partial charge >= 0.3 is 0 Å². The van der Waals surface area contributed by atoms with Gasteiger partial charge in [0.15, 0.2) is 0 Å². The van der Waals surface area contributed by atoms with Crippen molar-refractivity contribution in [3.8, 4) is 0 Å². The fourth-order valence-electron chi connectivity index (χ4n) is 2.91. The monoisotopic (exact) mass is 358 g/mol. The van der Waals surface area contributed by atoms with Crippen LogP contribution in [0.5, 0.6) is 0 Å². The van der Waals surface area contributed by atoms with E-state index < -0.39 is 21.7 Å². The molecule has 0 bridgehead atoms. The van der Waals surface area contributed by atoms with E-state index in [9.17, 15) is 17.6 Å². The molecule has 0 atom stereocenters. The summed E-state index contributed by atoms with van der Waals surface area (Å²) in [5, 5.41) is 11.3. The Hall–Kier alpha value is -1.51. The Morgan fingerprint density at radius 2 is 1.83 bits per heavy atom. The predicted molar refractivity (Wildman–Crippen MR) is 87.3 cm³/mol. The molecule has 1 saturated carbocycles. The van der Waals surface area contributed by atoms with Crippen molar-refractivity contribution in [2.75, 3.05) is 19.7 Å². The van der Waals surface area contributed by atoms with Crippen molar-refractivity contribution in [2.45, 2.75) is 43.0 Å². The lowest BCUT2D eigenvalue weighted by Gasteiger charge is -2.33. The van der Waals surface area contributed by atoms with Crippen LogP contribution in [-0.4, -0.2) is 49.5 Å². The molecule has 0 unspecified atom stereocenters. The normalized spacial score (nSPS) is 16.3. The first-order chi connectivity index (χ1) is 11.4. The van der Waals surface area contributed by atoms with Crippen LogP contribution in [0, 0.1) is 5.82 Å². The van der Waals surface area contributed by atoms with Gasteiger partial charge in [-0.3, -0.25) is 4.79 Å². The van der Waals surface area contributed by atoms with E-state index in [4.69, 9.17) is 5.11 Å². The zero-order chi connectivity index (χ0) is 17.6. The molecule has 2 N–H and O–H groups in total. The number of carbonyl (C=O) groups excluding carboxylic acids is 1. The molecule has 1 aliphatic carbocycles. The number of amides is 1. The van der Waals surface area contributed by atoms with Gasteiger partial charge in [0.2, 0.25) is 15.9 Å². The van der Waals surface area contributed by atoms with Crippen LogP contribution in [0.1, 0.15) is 32.1 Å². The molecule has 0 radical (unpaired) electrons. The molecule has 0 heterocycles. The van der Waals surface area contributed by atoms with Crippen molar-refractivity contribution in [3.05, 3.63) is 30.1 Å². The summed E-state index contributed by atoms with van der Waals surface area (Å²) in [6, 6.07) is 4.38. The summed E-state index contributed by atoms with van der Waals surface area (Å²) >= 11 is 0. The van der Waals surface area contributed by atoms with Gasteiger partial charge in [0.25, 0.3) is 0 Å². The second kappa shape index (κ2) is 8.55. The van der Waals surface area contributed by atoms with Crippen molar-refractivity contribution in [1.29, 1.82) is 0 Å². The second-order valence-electron chi connectivity index (χ2n) is 5.87. The molecule has 0 saturated heterocycles. The molecule has 1 aliphatic rings. The van der Waals surface area contributed by atoms with E-state index in [0.717, 1.165) is 31.4 Å². The number of rotatable bonds is 7. The molecule has 1 aromatic carbocycles. The SMILES string of the molecule is O=C(CN(C1CCCCC1)S(=O)(=O)c1ccc(F)cc1)NCCO. The maximum atomic E-state index is 13.1. The summed E-state index contributed by atoms with van der Waals surface area (Å²) in [6.07, 6.45) is 4.29. The standard InChI is InChI=1S/C16H23FN2O4S/c17-13-6-8-15(9-7-13)24(22,23)19(12-16(21)18-10-11-20)14-4-2-1-3-5-14/h6-9,14,20H,1-5,10-12H2,(H,18,21). The first-order valence-electron chi connectivity index (χ1n) is 8.10. The van der Waals surface area contributed by atoms with Gasteiger partial charge in [-0.05, 0) is 37.1 Å². The van der Waals surface area contributed by atoms with Crippen LogP contribution in [0.4, 0.5) is 4.39 Å². The molecule has 0 spiro atoms. The van der Waals surface area contributed by atoms with E-state index in [0.29, 0.717) is 12.8 Å². The van der Waals surface area contributed by atoms with Crippen LogP contribution >= 0.6 is 0 Å². The van der Waals surface area contributed by atoms with Crippen molar-refractivity contribution < 1.29 is 22.7 Å². The Morgan fingerprint density at radius 3 is 2.42 bits per heavy atom. The maximum absolute atomic E-state index is 13.1. The van der Waals surface area contributed by atoms with E-state index in [2.05, 4.69) is 5.32 Å². The van der Waals surface area contributed by atoms with Gasteiger partial charge in [-0.2, -0.15) is 4.31 Å². The molecule has 8 heteroatoms. The molecule has 24 heavy (non-hydrogen) atoms. The number of sulfonamides is 1. The maximum Gasteiger partial charge on any atom is 0.243 e. The third-order valence-corrected chi connectivity index (χ3v) is 6.05. The minimum Gasteiger partial charge on any atom is -0.395 e. The van der Waals surface area contributed by atoms with E-state index in [1.54, 1.807) is 0 Å². The zero-order valence-electron chi connectivity index (χ0n) is 13.4. The Labute approximate surface area is 141 Å². The van der Waals surface area contributed by atoms with Gasteiger partial charge in [0.05, 0.1) is 18.0 Å². The lowest BCUT2D eigenvalue weighted by molar-refractivity contribution is -0.121. The predicted octanol–water partition coefficient (Wildman–Crippen LogP) is 1.26. The smallest absolute Gasteiger partial charge is 0.243 e. The first kappa shape index (κ1) is 18.8. The number of hydrogen-bond donors (Lipinski definition) is 2. The molecule has 6 nitrogen and oxygen atoms in total. The summed E-state index contributed by atoms with van der Waals surface area (Å²) in [6.45, 7) is -0.432. The summed E-state index contributed by atoms with van der Waals surface area (Å²) in [7, 11) is -3.89. The van der Waals surface area contributed by atoms with Crippen molar-refractivity contribution in [1.82, 2.24) is 9.62 Å². The highest BCUT2D eigenvalue weighted by Crippen LogP contribution is 2.27. The first-order valence-corrected chi connectivity index (χ1v) is 9.54. The molecule has 0 aliphatic heterocycles. The molecular weight excluding hydrogens is 335 g/mol. The van der Waals surface area contributed by atoms with Gasteiger partial charge in [-0.15, -0.1) is 0 Å². The minimum atomic E-state index is -3.89. The zero-order valence-corrected chi connectivity index (χ0v) is 14.3. The number of benzene rings is 1. The highest BCUT2D eigenvalue weighted by molar-refractivity contribution is 7.89. The topological polar surface area (TPSA) is 86.7 Å². The molecular formula is C16H23FN2O4S. The summed E-state index contributed by atoms with van der Waals surface area (Å²) < 4.78 is 40.2. The van der Waals surface area contributed by atoms with Crippen LogP contribution in [0.25, 0.3) is 0 Å². The quantitative estimate of drug-likeness (QED) is 0.768. The number of aliphatic hydroxyl groups is 1. The van der Waals surface area contributed by atoms with Gasteiger partial charge in [-0.1, -0.05) is 19.3 Å². The highest BCUT2D eigenvalue weighted by atomic mass is 32.2. The highest BCUT2D eigenvalue weighted by Gasteiger charge is 2.33. The summed E-state index contributed by atoms with van der Waals surface area (Å²) in [5.41, 5.74) is 0. The van der Waals surface area contributed by atoms with Crippen LogP contribution in [-0.2, 0) is 14.8 Å². The number of aliphatic hydroxyl groups excluding tert-OH is 1. The Morgan fingerprint density at radius 1 is 1.21 bits per heavy atom. The average molecular weight is 358 g/mol. The largest absolute Gasteiger partial charge is 0.395 e. The lowest BCUT2D eigenvalue weighted by Crippen LogP contribution is -2.47. The number of nitrogens with one attached hydrogen (secondary N) is 1. The van der Waals surface area contributed by atoms with Gasteiger partial charge in [0.1, 0.15) is 5.82 Å². The van der Waals surface area contributed by atoms with Gasteiger partial charge in [0, 0.05) is 12.6 Å². The van der Waals surface area contributed by atoms with Crippen molar-refractivity contribution in [2.24, 2.45) is 0 Å². The van der Waals surface area contributed by atoms with E-state index >= 15 is 0 Å². The van der Waals surface area contributed by atoms with Crippen LogP contribution in [0.15, 0.2) is 29.2 Å². The third-order valence-electron chi connectivity index (χ3n) is 4.14. The molecule has 134 valence electrons. The Balaban J connectivity index is 2.25. The van der Waals surface area contributed by atoms with Crippen molar-refractivity contribution >= 4 is 15.9 Å². The molecule has 0 aromatic heterocycles. The number of halogens is 1. The number of nitrogens with zero attached hydrogens (tertiary/aromatic N) is 1. The van der Waals surface area contributed by atoms with E-state index in [1.165, 1.54) is 16.4 Å². The number of hydrogen-bond acceptors (Lipinski definition) is 4. The minimum absolute atomic E-state index is 0.0237. The molecule has 2 rings (SSSR count). The molecule has 1 aromatic rings. The van der Waals surface area contributed by atoms with Crippen LogP contribution < -0.4 is 5.32 Å². The summed E-state index contributed by atoms with van der Waals surface area (Å²) in [5.74, 6) is -0.973. The second-order valence-corrected chi connectivity index (χ2v) is 7.76. The van der Waals surface area contributed by atoms with Crippen LogP contribution in [0.3, 0.4) is 0 Å². The Kier molecular flexibility index (Phi) is 6.70. The van der Waals surface area contributed by atoms with E-state index in [1.807, 2.05) is 0 Å². The van der Waals surface area contributed by atoms with Crippen LogP contribution in [0.2, 0.25) is 0 Å². The third kappa shape index (κ3) is 4.75. The average Bonchev–Trinajstić information content (AvgIpc) is 2.59. The van der Waals surface area contributed by atoms with Gasteiger partial charge in [-0.25, -0.2) is 12.8 Å². The number of carbonyl (C=O) groups is 1. The Bertz CT molecular complexity index is 643. The van der Waals surface area contributed by atoms with Gasteiger partial charge < -0.3 is 10.4 Å². The van der Waals surface area contributed by atoms with E-state index in [-0.39, 0.29) is 30.6 Å². The summed E-state index contributed by atoms with van der Waals surface area (Å²) in [4.78, 5) is 12.0. The lowest BCUT2D eigenvalue weighted by atomic mass is 9.95. The van der Waals surface area contributed by atoms with Crippen molar-refractivity contribution in [3.63, 3.8) is 0 Å².